The summed E-state index contributed by atoms with van der Waals surface area (Å²) in [4.78, 5) is 19.3. The van der Waals surface area contributed by atoms with E-state index in [-0.39, 0.29) is 5.56 Å². The highest BCUT2D eigenvalue weighted by Crippen LogP contribution is 2.25. The van der Waals surface area contributed by atoms with Gasteiger partial charge in [-0.3, -0.25) is 9.36 Å². The standard InChI is InChI=1S/C18H18N4O2/c1-12-15(13(2)24-20-12)11-21-8-9-22-17(23)10-16(19-18(21)22)14-6-4-3-5-7-14/h3-7,10H,8-9,11H2,1-2H3. The number of aryl methyl sites for hydroxylation is 2. The van der Waals surface area contributed by atoms with Crippen LogP contribution in [0, 0.1) is 13.8 Å². The van der Waals surface area contributed by atoms with Gasteiger partial charge in [-0.25, -0.2) is 4.98 Å². The highest BCUT2D eigenvalue weighted by Gasteiger charge is 2.24. The fourth-order valence-corrected chi connectivity index (χ4v) is 3.09. The Balaban J connectivity index is 1.74. The lowest BCUT2D eigenvalue weighted by atomic mass is 10.1. The molecule has 0 atom stereocenters. The van der Waals surface area contributed by atoms with Crippen LogP contribution in [-0.4, -0.2) is 21.3 Å². The van der Waals surface area contributed by atoms with Crippen molar-refractivity contribution in [2.24, 2.45) is 0 Å². The third-order valence-electron chi connectivity index (χ3n) is 4.46. The first kappa shape index (κ1) is 14.7. The molecule has 1 aliphatic rings. The summed E-state index contributed by atoms with van der Waals surface area (Å²) in [7, 11) is 0. The molecule has 122 valence electrons. The quantitative estimate of drug-likeness (QED) is 0.741. The number of rotatable bonds is 3. The Morgan fingerprint density at radius 1 is 1.17 bits per heavy atom. The summed E-state index contributed by atoms with van der Waals surface area (Å²) in [5.41, 5.74) is 3.58. The molecular formula is C18H18N4O2. The lowest BCUT2D eigenvalue weighted by Gasteiger charge is -2.17. The number of hydrogen-bond acceptors (Lipinski definition) is 5. The van der Waals surface area contributed by atoms with Crippen LogP contribution in [0.3, 0.4) is 0 Å². The second-order valence-electron chi connectivity index (χ2n) is 6.02. The van der Waals surface area contributed by atoms with Crippen LogP contribution in [0.4, 0.5) is 5.95 Å². The Bertz CT molecular complexity index is 924. The summed E-state index contributed by atoms with van der Waals surface area (Å²) in [6, 6.07) is 11.4. The van der Waals surface area contributed by atoms with Gasteiger partial charge in [-0.1, -0.05) is 35.5 Å². The number of hydrogen-bond donors (Lipinski definition) is 0. The van der Waals surface area contributed by atoms with Crippen LogP contribution in [0.15, 0.2) is 45.7 Å². The minimum absolute atomic E-state index is 0.0138. The van der Waals surface area contributed by atoms with E-state index in [1.54, 1.807) is 10.6 Å². The molecular weight excluding hydrogens is 304 g/mol. The third-order valence-corrected chi connectivity index (χ3v) is 4.46. The van der Waals surface area contributed by atoms with Crippen molar-refractivity contribution in [1.82, 2.24) is 14.7 Å². The van der Waals surface area contributed by atoms with Crippen LogP contribution < -0.4 is 10.5 Å². The molecule has 6 heteroatoms. The number of anilines is 1. The molecule has 0 unspecified atom stereocenters. The predicted molar refractivity (Wildman–Crippen MR) is 91.0 cm³/mol. The topological polar surface area (TPSA) is 64.2 Å². The van der Waals surface area contributed by atoms with Crippen molar-refractivity contribution in [1.29, 1.82) is 0 Å². The number of nitrogens with zero attached hydrogens (tertiary/aromatic N) is 4. The van der Waals surface area contributed by atoms with Crippen molar-refractivity contribution in [3.63, 3.8) is 0 Å². The van der Waals surface area contributed by atoms with E-state index in [1.807, 2.05) is 44.2 Å². The van der Waals surface area contributed by atoms with E-state index in [1.165, 1.54) is 0 Å². The van der Waals surface area contributed by atoms with Crippen LogP contribution in [0.2, 0.25) is 0 Å². The van der Waals surface area contributed by atoms with Crippen molar-refractivity contribution in [3.8, 4) is 11.3 Å². The Labute approximate surface area is 139 Å². The van der Waals surface area contributed by atoms with Crippen molar-refractivity contribution >= 4 is 5.95 Å². The summed E-state index contributed by atoms with van der Waals surface area (Å²) < 4.78 is 6.97. The molecule has 0 amide bonds. The molecule has 2 aromatic heterocycles. The molecule has 0 radical (unpaired) electrons. The number of fused-ring (bicyclic) bond motifs is 1. The lowest BCUT2D eigenvalue weighted by Crippen LogP contribution is -2.23. The molecule has 24 heavy (non-hydrogen) atoms. The van der Waals surface area contributed by atoms with Crippen LogP contribution in [0.5, 0.6) is 0 Å². The molecule has 0 bridgehead atoms. The molecule has 0 fully saturated rings. The maximum atomic E-state index is 12.5. The first-order chi connectivity index (χ1) is 11.6. The second-order valence-corrected chi connectivity index (χ2v) is 6.02. The van der Waals surface area contributed by atoms with Gasteiger partial charge in [0.15, 0.2) is 0 Å². The molecule has 3 heterocycles. The SMILES string of the molecule is Cc1noc(C)c1CN1CCn2c1nc(-c1ccccc1)cc2=O. The zero-order valence-electron chi connectivity index (χ0n) is 13.7. The van der Waals surface area contributed by atoms with Crippen LogP contribution >= 0.6 is 0 Å². The molecule has 0 N–H and O–H groups in total. The van der Waals surface area contributed by atoms with Gasteiger partial charge in [0.1, 0.15) is 5.76 Å². The molecule has 0 spiro atoms. The zero-order chi connectivity index (χ0) is 16.7. The van der Waals surface area contributed by atoms with Gasteiger partial charge < -0.3 is 9.42 Å². The fourth-order valence-electron chi connectivity index (χ4n) is 3.09. The van der Waals surface area contributed by atoms with Gasteiger partial charge in [0, 0.05) is 30.3 Å². The van der Waals surface area contributed by atoms with Gasteiger partial charge in [-0.15, -0.1) is 0 Å². The molecule has 3 aromatic rings. The molecule has 4 rings (SSSR count). The molecule has 0 aliphatic carbocycles. The molecule has 1 aromatic carbocycles. The molecule has 1 aliphatic heterocycles. The van der Waals surface area contributed by atoms with Gasteiger partial charge in [0.2, 0.25) is 5.95 Å². The normalized spacial score (nSPS) is 13.3. The summed E-state index contributed by atoms with van der Waals surface area (Å²) >= 11 is 0. The number of aromatic nitrogens is 3. The first-order valence-electron chi connectivity index (χ1n) is 7.97. The third kappa shape index (κ3) is 2.40. The van der Waals surface area contributed by atoms with Gasteiger partial charge in [0.05, 0.1) is 17.9 Å². The summed E-state index contributed by atoms with van der Waals surface area (Å²) in [5, 5.41) is 4.01. The molecule has 0 saturated carbocycles. The minimum atomic E-state index is -0.0138. The second kappa shape index (κ2) is 5.63. The summed E-state index contributed by atoms with van der Waals surface area (Å²) in [6.07, 6.45) is 0. The maximum Gasteiger partial charge on any atom is 0.255 e. The van der Waals surface area contributed by atoms with Crippen molar-refractivity contribution in [3.05, 3.63) is 63.8 Å². The van der Waals surface area contributed by atoms with Crippen molar-refractivity contribution in [2.75, 3.05) is 11.4 Å². The van der Waals surface area contributed by atoms with E-state index in [0.29, 0.717) is 24.7 Å². The van der Waals surface area contributed by atoms with E-state index in [4.69, 9.17) is 9.51 Å². The average molecular weight is 322 g/mol. The van der Waals surface area contributed by atoms with E-state index >= 15 is 0 Å². The van der Waals surface area contributed by atoms with Gasteiger partial charge in [-0.2, -0.15) is 0 Å². The Morgan fingerprint density at radius 2 is 1.96 bits per heavy atom. The Morgan fingerprint density at radius 3 is 2.67 bits per heavy atom. The highest BCUT2D eigenvalue weighted by molar-refractivity contribution is 5.60. The largest absolute Gasteiger partial charge is 0.361 e. The minimum Gasteiger partial charge on any atom is -0.361 e. The molecule has 6 nitrogen and oxygen atoms in total. The zero-order valence-corrected chi connectivity index (χ0v) is 13.7. The number of benzene rings is 1. The van der Waals surface area contributed by atoms with E-state index < -0.39 is 0 Å². The van der Waals surface area contributed by atoms with E-state index in [0.717, 1.165) is 29.1 Å². The fraction of sp³-hybridized carbons (Fsp3) is 0.278. The Hall–Kier alpha value is -2.89. The van der Waals surface area contributed by atoms with Gasteiger partial charge in [0.25, 0.3) is 5.56 Å². The van der Waals surface area contributed by atoms with Crippen LogP contribution in [-0.2, 0) is 13.1 Å². The van der Waals surface area contributed by atoms with E-state index in [2.05, 4.69) is 10.1 Å². The first-order valence-corrected chi connectivity index (χ1v) is 7.97. The maximum absolute atomic E-state index is 12.5. The Kier molecular flexibility index (Phi) is 3.45. The molecule has 0 saturated heterocycles. The van der Waals surface area contributed by atoms with Crippen LogP contribution in [0.1, 0.15) is 17.0 Å². The highest BCUT2D eigenvalue weighted by atomic mass is 16.5. The smallest absolute Gasteiger partial charge is 0.255 e. The summed E-state index contributed by atoms with van der Waals surface area (Å²) in [6.45, 7) is 5.89. The monoisotopic (exact) mass is 322 g/mol. The average Bonchev–Trinajstić information content (AvgIpc) is 3.14. The lowest BCUT2D eigenvalue weighted by molar-refractivity contribution is 0.392. The predicted octanol–water partition coefficient (Wildman–Crippen LogP) is 2.54. The van der Waals surface area contributed by atoms with E-state index in [9.17, 15) is 4.79 Å². The van der Waals surface area contributed by atoms with Gasteiger partial charge in [-0.05, 0) is 13.8 Å². The van der Waals surface area contributed by atoms with Crippen molar-refractivity contribution < 1.29 is 4.52 Å². The van der Waals surface area contributed by atoms with Crippen molar-refractivity contribution in [2.45, 2.75) is 26.9 Å². The van der Waals surface area contributed by atoms with Crippen LogP contribution in [0.25, 0.3) is 11.3 Å². The summed E-state index contributed by atoms with van der Waals surface area (Å²) in [5.74, 6) is 1.52. The van der Waals surface area contributed by atoms with Gasteiger partial charge >= 0.3 is 0 Å².